The molecule has 0 aromatic heterocycles. The minimum absolute atomic E-state index is 0.154. The molecule has 3 N–H and O–H groups in total. The molecular weight excluding hydrogens is 400 g/mol. The second kappa shape index (κ2) is 9.21. The lowest BCUT2D eigenvalue weighted by atomic mass is 9.71. The van der Waals surface area contributed by atoms with Crippen LogP contribution in [-0.2, 0) is 15.0 Å². The predicted octanol–water partition coefficient (Wildman–Crippen LogP) is 3.67. The molecule has 0 heterocycles. The first-order valence-corrected chi connectivity index (χ1v) is 9.49. The van der Waals surface area contributed by atoms with Crippen LogP contribution in [0.4, 0.5) is 0 Å². The van der Waals surface area contributed by atoms with Gasteiger partial charge in [0, 0.05) is 5.41 Å². The number of carboxylic acid groups (broad SMARTS) is 2. The highest BCUT2D eigenvalue weighted by atomic mass is 16.5. The minimum atomic E-state index is -1.05. The lowest BCUT2D eigenvalue weighted by Crippen LogP contribution is -2.25. The molecule has 0 radical (unpaired) electrons. The van der Waals surface area contributed by atoms with Crippen LogP contribution in [0.2, 0.25) is 0 Å². The van der Waals surface area contributed by atoms with Gasteiger partial charge in [0.25, 0.3) is 0 Å². The van der Waals surface area contributed by atoms with Crippen LogP contribution in [0.1, 0.15) is 23.6 Å². The number of rotatable bonds is 9. The molecule has 7 nitrogen and oxygen atoms in total. The van der Waals surface area contributed by atoms with Crippen LogP contribution in [-0.4, -0.2) is 40.5 Å². The summed E-state index contributed by atoms with van der Waals surface area (Å²) in [4.78, 5) is 21.4. The minimum Gasteiger partial charge on any atom is -0.508 e. The normalized spacial score (nSPS) is 11.0. The summed E-state index contributed by atoms with van der Waals surface area (Å²) in [5, 5.41) is 27.3. The number of phenols is 1. The molecule has 0 bridgehead atoms. The second-order valence-corrected chi connectivity index (χ2v) is 7.09. The number of aliphatic carboxylic acids is 2. The van der Waals surface area contributed by atoms with Gasteiger partial charge in [-0.25, -0.2) is 9.59 Å². The van der Waals surface area contributed by atoms with Crippen molar-refractivity contribution < 1.29 is 34.4 Å². The van der Waals surface area contributed by atoms with E-state index in [1.165, 1.54) is 0 Å². The van der Waals surface area contributed by atoms with Crippen molar-refractivity contribution in [2.45, 2.75) is 12.3 Å². The Morgan fingerprint density at radius 1 is 0.677 bits per heavy atom. The summed E-state index contributed by atoms with van der Waals surface area (Å²) in [5.74, 6) is -1.07. The van der Waals surface area contributed by atoms with Gasteiger partial charge in [0.15, 0.2) is 13.2 Å². The van der Waals surface area contributed by atoms with Crippen LogP contribution in [0.25, 0.3) is 0 Å². The molecule has 3 aromatic rings. The monoisotopic (exact) mass is 422 g/mol. The highest BCUT2D eigenvalue weighted by Crippen LogP contribution is 2.40. The maximum absolute atomic E-state index is 10.7. The molecule has 3 rings (SSSR count). The van der Waals surface area contributed by atoms with Gasteiger partial charge >= 0.3 is 11.9 Å². The molecule has 0 atom stereocenters. The molecule has 0 saturated carbocycles. The van der Waals surface area contributed by atoms with Gasteiger partial charge in [-0.3, -0.25) is 0 Å². The zero-order valence-electron chi connectivity index (χ0n) is 16.8. The van der Waals surface area contributed by atoms with Crippen LogP contribution in [0.5, 0.6) is 17.2 Å². The number of hydrogen-bond acceptors (Lipinski definition) is 5. The molecule has 7 heteroatoms. The summed E-state index contributed by atoms with van der Waals surface area (Å²) in [6, 6.07) is 21.2. The van der Waals surface area contributed by atoms with Gasteiger partial charge in [-0.1, -0.05) is 36.4 Å². The first kappa shape index (κ1) is 21.7. The molecule has 0 amide bonds. The average molecular weight is 422 g/mol. The summed E-state index contributed by atoms with van der Waals surface area (Å²) >= 11 is 0. The number of hydrogen-bond donors (Lipinski definition) is 3. The van der Waals surface area contributed by atoms with Crippen molar-refractivity contribution in [3.8, 4) is 17.2 Å². The molecule has 0 saturated heterocycles. The van der Waals surface area contributed by atoms with Crippen LogP contribution in [0.15, 0.2) is 72.8 Å². The number of carbonyl (C=O) groups is 2. The Hall–Kier alpha value is -4.00. The molecule has 0 fully saturated rings. The van der Waals surface area contributed by atoms with E-state index < -0.39 is 30.6 Å². The highest BCUT2D eigenvalue weighted by Gasteiger charge is 2.31. The maximum atomic E-state index is 10.7. The molecular formula is C24H22O7. The van der Waals surface area contributed by atoms with E-state index in [2.05, 4.69) is 0 Å². The predicted molar refractivity (Wildman–Crippen MR) is 113 cm³/mol. The highest BCUT2D eigenvalue weighted by molar-refractivity contribution is 5.68. The summed E-state index contributed by atoms with van der Waals surface area (Å²) < 4.78 is 10.5. The molecule has 0 spiro atoms. The topological polar surface area (TPSA) is 113 Å². The third-order valence-corrected chi connectivity index (χ3v) is 5.03. The molecule has 31 heavy (non-hydrogen) atoms. The fraction of sp³-hybridized carbons (Fsp3) is 0.167. The Morgan fingerprint density at radius 2 is 1.00 bits per heavy atom. The first-order valence-electron chi connectivity index (χ1n) is 9.49. The average Bonchev–Trinajstić information content (AvgIpc) is 2.77. The Bertz CT molecular complexity index is 977. The number of phenolic OH excluding ortho intramolecular Hbond substituents is 1. The van der Waals surface area contributed by atoms with E-state index >= 15 is 0 Å². The van der Waals surface area contributed by atoms with Crippen LogP contribution < -0.4 is 9.47 Å². The van der Waals surface area contributed by atoms with E-state index in [9.17, 15) is 14.7 Å². The van der Waals surface area contributed by atoms with E-state index in [0.29, 0.717) is 11.5 Å². The van der Waals surface area contributed by atoms with Crippen molar-refractivity contribution in [3.05, 3.63) is 89.5 Å². The fourth-order valence-electron chi connectivity index (χ4n) is 3.35. The lowest BCUT2D eigenvalue weighted by Gasteiger charge is -2.32. The van der Waals surface area contributed by atoms with Crippen molar-refractivity contribution in [1.82, 2.24) is 0 Å². The molecule has 160 valence electrons. The van der Waals surface area contributed by atoms with Crippen molar-refractivity contribution in [2.24, 2.45) is 0 Å². The standard InChI is InChI=1S/C24H22O7/c1-24(16-2-8-19(25)9-3-16,17-4-10-20(11-5-17)30-14-22(26)27)18-6-12-21(13-7-18)31-15-23(28)29/h2-13,25H,14-15H2,1H3,(H,26,27)(H,28,29). The molecule has 0 aliphatic heterocycles. The summed E-state index contributed by atoms with van der Waals surface area (Å²) in [6.45, 7) is 1.18. The Labute approximate surface area is 179 Å². The van der Waals surface area contributed by atoms with Crippen LogP contribution in [0, 0.1) is 0 Å². The lowest BCUT2D eigenvalue weighted by molar-refractivity contribution is -0.140. The Kier molecular flexibility index (Phi) is 6.45. The van der Waals surface area contributed by atoms with Crippen LogP contribution >= 0.6 is 0 Å². The van der Waals surface area contributed by atoms with E-state index in [1.54, 1.807) is 36.4 Å². The Morgan fingerprint density at radius 3 is 1.32 bits per heavy atom. The molecule has 0 aliphatic carbocycles. The quantitative estimate of drug-likeness (QED) is 0.451. The SMILES string of the molecule is CC(c1ccc(O)cc1)(c1ccc(OCC(=O)O)cc1)c1ccc(OCC(=O)O)cc1. The zero-order valence-corrected chi connectivity index (χ0v) is 16.8. The van der Waals surface area contributed by atoms with Crippen molar-refractivity contribution in [2.75, 3.05) is 13.2 Å². The number of benzene rings is 3. The van der Waals surface area contributed by atoms with Gasteiger partial charge in [-0.05, 0) is 60.0 Å². The van der Waals surface area contributed by atoms with E-state index in [0.717, 1.165) is 16.7 Å². The number of carboxylic acids is 2. The third-order valence-electron chi connectivity index (χ3n) is 5.03. The fourth-order valence-corrected chi connectivity index (χ4v) is 3.35. The zero-order chi connectivity index (χ0) is 22.4. The van der Waals surface area contributed by atoms with E-state index in [1.807, 2.05) is 43.3 Å². The largest absolute Gasteiger partial charge is 0.508 e. The smallest absolute Gasteiger partial charge is 0.341 e. The van der Waals surface area contributed by atoms with Crippen LogP contribution in [0.3, 0.4) is 0 Å². The molecule has 3 aromatic carbocycles. The summed E-state index contributed by atoms with van der Waals surface area (Å²) in [6.07, 6.45) is 0. The summed E-state index contributed by atoms with van der Waals surface area (Å²) in [7, 11) is 0. The van der Waals surface area contributed by atoms with Gasteiger partial charge in [-0.15, -0.1) is 0 Å². The number of aromatic hydroxyl groups is 1. The van der Waals surface area contributed by atoms with E-state index in [4.69, 9.17) is 19.7 Å². The van der Waals surface area contributed by atoms with Gasteiger partial charge in [0.2, 0.25) is 0 Å². The van der Waals surface area contributed by atoms with Gasteiger partial charge in [0.05, 0.1) is 0 Å². The van der Waals surface area contributed by atoms with Gasteiger partial charge < -0.3 is 24.8 Å². The van der Waals surface area contributed by atoms with E-state index in [-0.39, 0.29) is 5.75 Å². The third kappa shape index (κ3) is 5.14. The summed E-state index contributed by atoms with van der Waals surface area (Å²) in [5.41, 5.74) is 2.13. The first-order chi connectivity index (χ1) is 14.8. The van der Waals surface area contributed by atoms with Crippen molar-refractivity contribution >= 4 is 11.9 Å². The number of ether oxygens (including phenoxy) is 2. The van der Waals surface area contributed by atoms with Gasteiger partial charge in [0.1, 0.15) is 17.2 Å². The van der Waals surface area contributed by atoms with Crippen molar-refractivity contribution in [1.29, 1.82) is 0 Å². The second-order valence-electron chi connectivity index (χ2n) is 7.09. The molecule has 0 unspecified atom stereocenters. The van der Waals surface area contributed by atoms with Gasteiger partial charge in [-0.2, -0.15) is 0 Å². The maximum Gasteiger partial charge on any atom is 0.341 e. The van der Waals surface area contributed by atoms with Crippen molar-refractivity contribution in [3.63, 3.8) is 0 Å². The Balaban J connectivity index is 1.99. The molecule has 0 aliphatic rings.